The van der Waals surface area contributed by atoms with Crippen LogP contribution >= 0.6 is 23.6 Å². The van der Waals surface area contributed by atoms with Gasteiger partial charge in [0.25, 0.3) is 0 Å². The van der Waals surface area contributed by atoms with Crippen LogP contribution < -0.4 is 0 Å². The molecule has 0 aliphatic carbocycles. The number of nitrogens with one attached hydrogen (secondary N) is 1. The number of nitrogens with zero attached hydrogens (tertiary/aromatic N) is 1. The lowest BCUT2D eigenvalue weighted by Crippen LogP contribution is -1.86. The fraction of sp³-hybridized carbons (Fsp3) is 0. The number of thiophene rings is 1. The van der Waals surface area contributed by atoms with E-state index >= 15 is 0 Å². The molecule has 0 fully saturated rings. The molecule has 0 aliphatic rings. The molecule has 4 heteroatoms. The van der Waals surface area contributed by atoms with Gasteiger partial charge < -0.3 is 4.98 Å². The predicted molar refractivity (Wildman–Crippen MR) is 113 cm³/mol. The van der Waals surface area contributed by atoms with Crippen molar-refractivity contribution in [2.75, 3.05) is 0 Å². The monoisotopic (exact) mass is 370 g/mol. The zero-order valence-corrected chi connectivity index (χ0v) is 15.4. The quantitative estimate of drug-likeness (QED) is 0.345. The SMILES string of the molecule is S=c1cccc2sc3ccc(-c4cccc(-c5ccccn5)c4)[nH]c3c12. The Labute approximate surface area is 159 Å². The number of hydrogen-bond acceptors (Lipinski definition) is 3. The molecule has 0 atom stereocenters. The molecule has 0 saturated heterocycles. The van der Waals surface area contributed by atoms with Crippen LogP contribution in [0.1, 0.15) is 0 Å². The first-order valence-electron chi connectivity index (χ1n) is 8.36. The molecule has 0 spiro atoms. The Morgan fingerprint density at radius 2 is 1.69 bits per heavy atom. The molecule has 26 heavy (non-hydrogen) atoms. The summed E-state index contributed by atoms with van der Waals surface area (Å²) in [7, 11) is 0. The number of rotatable bonds is 2. The third-order valence-electron chi connectivity index (χ3n) is 4.50. The van der Waals surface area contributed by atoms with Gasteiger partial charge in [0.2, 0.25) is 0 Å². The molecule has 5 rings (SSSR count). The zero-order chi connectivity index (χ0) is 17.5. The molecule has 0 radical (unpaired) electrons. The van der Waals surface area contributed by atoms with Gasteiger partial charge in [0.1, 0.15) is 0 Å². The van der Waals surface area contributed by atoms with E-state index in [0.29, 0.717) is 0 Å². The first-order chi connectivity index (χ1) is 12.8. The third-order valence-corrected chi connectivity index (χ3v) is 5.96. The van der Waals surface area contributed by atoms with E-state index in [0.717, 1.165) is 37.9 Å². The van der Waals surface area contributed by atoms with Gasteiger partial charge in [-0.05, 0) is 48.0 Å². The predicted octanol–water partition coefficient (Wildman–Crippen LogP) is 6.84. The van der Waals surface area contributed by atoms with Crippen LogP contribution in [0.5, 0.6) is 0 Å². The van der Waals surface area contributed by atoms with Gasteiger partial charge in [0.15, 0.2) is 0 Å². The number of pyridine rings is 2. The summed E-state index contributed by atoms with van der Waals surface area (Å²) in [5.74, 6) is 0. The highest BCUT2D eigenvalue weighted by atomic mass is 32.1. The van der Waals surface area contributed by atoms with Crippen molar-refractivity contribution in [1.82, 2.24) is 9.97 Å². The van der Waals surface area contributed by atoms with Gasteiger partial charge in [-0.3, -0.25) is 4.98 Å². The van der Waals surface area contributed by atoms with Crippen molar-refractivity contribution >= 4 is 43.9 Å². The zero-order valence-electron chi connectivity index (χ0n) is 13.8. The van der Waals surface area contributed by atoms with Crippen molar-refractivity contribution in [2.45, 2.75) is 0 Å². The van der Waals surface area contributed by atoms with E-state index in [2.05, 4.69) is 52.4 Å². The van der Waals surface area contributed by atoms with E-state index < -0.39 is 0 Å². The molecule has 0 unspecified atom stereocenters. The Hall–Kier alpha value is -2.82. The maximum absolute atomic E-state index is 5.56. The Kier molecular flexibility index (Phi) is 3.66. The molecule has 0 saturated carbocycles. The summed E-state index contributed by atoms with van der Waals surface area (Å²) in [6, 6.07) is 24.9. The summed E-state index contributed by atoms with van der Waals surface area (Å²) < 4.78 is 3.34. The van der Waals surface area contributed by atoms with E-state index in [1.807, 2.05) is 36.5 Å². The van der Waals surface area contributed by atoms with Crippen LogP contribution in [0.25, 0.3) is 42.8 Å². The molecule has 124 valence electrons. The molecule has 3 aromatic heterocycles. The lowest BCUT2D eigenvalue weighted by atomic mass is 10.0. The Morgan fingerprint density at radius 3 is 2.58 bits per heavy atom. The lowest BCUT2D eigenvalue weighted by molar-refractivity contribution is 1.32. The lowest BCUT2D eigenvalue weighted by Gasteiger charge is -2.06. The summed E-state index contributed by atoms with van der Waals surface area (Å²) in [5, 5.41) is 1.14. The second kappa shape index (κ2) is 6.16. The number of hydrogen-bond donors (Lipinski definition) is 1. The average molecular weight is 371 g/mol. The first-order valence-corrected chi connectivity index (χ1v) is 9.58. The van der Waals surface area contributed by atoms with Gasteiger partial charge in [-0.1, -0.05) is 42.5 Å². The highest BCUT2D eigenvalue weighted by Gasteiger charge is 2.09. The van der Waals surface area contributed by atoms with Gasteiger partial charge in [-0.15, -0.1) is 11.3 Å². The number of benzene rings is 2. The molecule has 3 heterocycles. The Morgan fingerprint density at radius 1 is 0.808 bits per heavy atom. The van der Waals surface area contributed by atoms with Crippen LogP contribution in [0.3, 0.4) is 0 Å². The topological polar surface area (TPSA) is 28.7 Å². The van der Waals surface area contributed by atoms with E-state index in [4.69, 9.17) is 12.2 Å². The van der Waals surface area contributed by atoms with Crippen molar-refractivity contribution in [3.63, 3.8) is 0 Å². The van der Waals surface area contributed by atoms with E-state index in [1.54, 1.807) is 11.3 Å². The van der Waals surface area contributed by atoms with Crippen LogP contribution in [0, 0.1) is 4.51 Å². The maximum Gasteiger partial charge on any atom is 0.0702 e. The van der Waals surface area contributed by atoms with E-state index in [1.165, 1.54) is 9.40 Å². The molecule has 0 aliphatic heterocycles. The maximum atomic E-state index is 5.56. The summed E-state index contributed by atoms with van der Waals surface area (Å²) >= 11 is 7.33. The molecule has 2 aromatic carbocycles. The summed E-state index contributed by atoms with van der Waals surface area (Å²) in [6.45, 7) is 0. The smallest absolute Gasteiger partial charge is 0.0702 e. The van der Waals surface area contributed by atoms with Crippen LogP contribution in [0.2, 0.25) is 0 Å². The summed E-state index contributed by atoms with van der Waals surface area (Å²) in [5.41, 5.74) is 5.42. The van der Waals surface area contributed by atoms with Crippen LogP contribution in [0.15, 0.2) is 79.0 Å². The summed E-state index contributed by atoms with van der Waals surface area (Å²) in [6.07, 6.45) is 1.82. The largest absolute Gasteiger partial charge is 0.353 e. The van der Waals surface area contributed by atoms with Crippen molar-refractivity contribution in [1.29, 1.82) is 0 Å². The third kappa shape index (κ3) is 2.55. The molecular formula is C22H14N2S2. The molecule has 1 N–H and O–H groups in total. The van der Waals surface area contributed by atoms with Gasteiger partial charge in [-0.25, -0.2) is 0 Å². The van der Waals surface area contributed by atoms with Gasteiger partial charge >= 0.3 is 0 Å². The van der Waals surface area contributed by atoms with Crippen molar-refractivity contribution in [3.05, 3.63) is 83.5 Å². The minimum Gasteiger partial charge on any atom is -0.353 e. The normalized spacial score (nSPS) is 11.2. The number of fused-ring (bicyclic) bond motifs is 3. The minimum absolute atomic E-state index is 0.893. The van der Waals surface area contributed by atoms with E-state index in [-0.39, 0.29) is 0 Å². The van der Waals surface area contributed by atoms with Gasteiger partial charge in [0, 0.05) is 32.1 Å². The van der Waals surface area contributed by atoms with Crippen LogP contribution in [0.4, 0.5) is 0 Å². The Balaban J connectivity index is 1.70. The van der Waals surface area contributed by atoms with Crippen LogP contribution in [-0.2, 0) is 0 Å². The molecule has 0 amide bonds. The molecule has 5 aromatic rings. The summed E-state index contributed by atoms with van der Waals surface area (Å²) in [4.78, 5) is 8.06. The number of aromatic amines is 1. The van der Waals surface area contributed by atoms with Crippen molar-refractivity contribution in [3.8, 4) is 22.5 Å². The average Bonchev–Trinajstić information content (AvgIpc) is 3.08. The highest BCUT2D eigenvalue weighted by Crippen LogP contribution is 2.35. The Bertz CT molecular complexity index is 1300. The van der Waals surface area contributed by atoms with Crippen molar-refractivity contribution in [2.24, 2.45) is 0 Å². The second-order valence-electron chi connectivity index (χ2n) is 6.14. The minimum atomic E-state index is 0.893. The number of H-pyrrole nitrogens is 1. The number of aromatic nitrogens is 2. The van der Waals surface area contributed by atoms with Gasteiger partial charge in [0.05, 0.1) is 15.9 Å². The first kappa shape index (κ1) is 15.4. The molecule has 2 nitrogen and oxygen atoms in total. The fourth-order valence-electron chi connectivity index (χ4n) is 3.26. The van der Waals surface area contributed by atoms with Crippen LogP contribution in [-0.4, -0.2) is 9.97 Å². The molecular weight excluding hydrogens is 356 g/mol. The second-order valence-corrected chi connectivity index (χ2v) is 7.66. The van der Waals surface area contributed by atoms with Crippen molar-refractivity contribution < 1.29 is 0 Å². The van der Waals surface area contributed by atoms with Gasteiger partial charge in [-0.2, -0.15) is 0 Å². The van der Waals surface area contributed by atoms with E-state index in [9.17, 15) is 0 Å². The molecule has 0 bridgehead atoms. The standard InChI is InChI=1S/C22H14N2S2/c25-18-8-4-9-19-21(18)22-20(26-19)11-10-17(24-22)15-6-3-5-14(13-15)16-7-1-2-12-23-16/h1-13,24H. The highest BCUT2D eigenvalue weighted by molar-refractivity contribution is 7.71. The fourth-order valence-corrected chi connectivity index (χ4v) is 4.70.